The van der Waals surface area contributed by atoms with E-state index in [1.165, 1.54) is 16.7 Å². The maximum atomic E-state index is 12.7. The molecule has 1 saturated heterocycles. The minimum absolute atomic E-state index is 0.201. The topological polar surface area (TPSA) is 70.1 Å². The Morgan fingerprint density at radius 2 is 1.93 bits per heavy atom. The van der Waals surface area contributed by atoms with Gasteiger partial charge in [-0.05, 0) is 36.5 Å². The van der Waals surface area contributed by atoms with Crippen LogP contribution in [-0.4, -0.2) is 57.7 Å². The van der Waals surface area contributed by atoms with Crippen LogP contribution >= 0.6 is 35.0 Å². The van der Waals surface area contributed by atoms with E-state index in [0.29, 0.717) is 42.2 Å². The van der Waals surface area contributed by atoms with Crippen molar-refractivity contribution in [3.8, 4) is 0 Å². The smallest absolute Gasteiger partial charge is 0.338 e. The Labute approximate surface area is 170 Å². The summed E-state index contributed by atoms with van der Waals surface area (Å²) >= 11 is 13.5. The zero-order chi connectivity index (χ0) is 19.1. The molecule has 0 N–H and O–H groups in total. The molecule has 1 aromatic carbocycles. The minimum atomic E-state index is -0.513. The van der Waals surface area contributed by atoms with E-state index in [1.54, 1.807) is 34.6 Å². The number of thioether (sulfide) groups is 1. The van der Waals surface area contributed by atoms with E-state index < -0.39 is 11.3 Å². The zero-order valence-electron chi connectivity index (χ0n) is 14.1. The van der Waals surface area contributed by atoms with Crippen molar-refractivity contribution in [1.29, 1.82) is 0 Å². The highest BCUT2D eigenvalue weighted by molar-refractivity contribution is 8.04. The normalized spacial score (nSPS) is 22.9. The molecule has 1 atom stereocenters. The number of urea groups is 1. The fraction of sp³-hybridized carbons (Fsp3) is 0.333. The van der Waals surface area contributed by atoms with E-state index in [4.69, 9.17) is 23.2 Å². The average Bonchev–Trinajstić information content (AvgIpc) is 3.13. The first-order chi connectivity index (χ1) is 13.0. The van der Waals surface area contributed by atoms with Crippen molar-refractivity contribution >= 4 is 58.5 Å². The Morgan fingerprint density at radius 1 is 1.19 bits per heavy atom. The van der Waals surface area contributed by atoms with E-state index in [1.807, 2.05) is 0 Å². The van der Waals surface area contributed by atoms with Crippen LogP contribution in [0.15, 0.2) is 34.7 Å². The molecule has 1 fully saturated rings. The molecule has 0 aromatic heterocycles. The highest BCUT2D eigenvalue weighted by Gasteiger charge is 2.43. The predicted molar refractivity (Wildman–Crippen MR) is 106 cm³/mol. The molecule has 27 heavy (non-hydrogen) atoms. The predicted octanol–water partition coefficient (Wildman–Crippen LogP) is 3.63. The molecule has 0 spiro atoms. The molecule has 0 saturated carbocycles. The van der Waals surface area contributed by atoms with Crippen LogP contribution in [0.3, 0.4) is 0 Å². The molecule has 3 heterocycles. The maximum absolute atomic E-state index is 12.7. The summed E-state index contributed by atoms with van der Waals surface area (Å²) in [4.78, 5) is 44.7. The number of likely N-dealkylation sites (tertiary alicyclic amines) is 1. The van der Waals surface area contributed by atoms with Gasteiger partial charge in [0.25, 0.3) is 11.8 Å². The third-order valence-electron chi connectivity index (χ3n) is 4.91. The molecule has 0 aliphatic carbocycles. The fourth-order valence-electron chi connectivity index (χ4n) is 3.51. The maximum Gasteiger partial charge on any atom is 0.350 e. The molecular weight excluding hydrogens is 409 g/mol. The van der Waals surface area contributed by atoms with Crippen LogP contribution < -0.4 is 0 Å². The van der Waals surface area contributed by atoms with E-state index in [9.17, 15) is 14.4 Å². The van der Waals surface area contributed by atoms with Gasteiger partial charge >= 0.3 is 6.03 Å². The number of imide groups is 1. The highest BCUT2D eigenvalue weighted by Crippen LogP contribution is 2.32. The van der Waals surface area contributed by atoms with Gasteiger partial charge in [-0.1, -0.05) is 29.3 Å². The number of fused-ring (bicyclic) bond motifs is 1. The van der Waals surface area contributed by atoms with Gasteiger partial charge in [0.15, 0.2) is 0 Å². The van der Waals surface area contributed by atoms with E-state index >= 15 is 0 Å². The summed E-state index contributed by atoms with van der Waals surface area (Å²) in [5, 5.41) is 1.93. The molecule has 4 amide bonds. The number of hydrogen-bond acceptors (Lipinski definition) is 4. The summed E-state index contributed by atoms with van der Waals surface area (Å²) in [7, 11) is 0. The molecule has 9 heteroatoms. The monoisotopic (exact) mass is 423 g/mol. The van der Waals surface area contributed by atoms with Crippen LogP contribution in [0.5, 0.6) is 0 Å². The van der Waals surface area contributed by atoms with E-state index in [2.05, 4.69) is 4.99 Å². The lowest BCUT2D eigenvalue weighted by atomic mass is 10.0. The summed E-state index contributed by atoms with van der Waals surface area (Å²) < 4.78 is 0. The third-order valence-corrected chi connectivity index (χ3v) is 6.74. The van der Waals surface area contributed by atoms with Crippen LogP contribution in [0.4, 0.5) is 4.79 Å². The van der Waals surface area contributed by atoms with Gasteiger partial charge < -0.3 is 4.90 Å². The Hall–Kier alpha value is -1.83. The number of carbonyl (C=O) groups excluding carboxylic acids is 3. The number of nitrogens with zero attached hydrogens (tertiary/aromatic N) is 3. The van der Waals surface area contributed by atoms with Crippen molar-refractivity contribution < 1.29 is 14.4 Å². The Bertz CT molecular complexity index is 894. The van der Waals surface area contributed by atoms with Gasteiger partial charge in [0, 0.05) is 19.1 Å². The van der Waals surface area contributed by atoms with Crippen LogP contribution in [0, 0.1) is 0 Å². The molecule has 1 unspecified atom stereocenters. The van der Waals surface area contributed by atoms with Crippen molar-refractivity contribution in [2.24, 2.45) is 4.99 Å². The summed E-state index contributed by atoms with van der Waals surface area (Å²) in [5.74, 6) is -0.421. The molecule has 0 radical (unpaired) electrons. The van der Waals surface area contributed by atoms with Gasteiger partial charge in [0.1, 0.15) is 5.25 Å². The minimum Gasteiger partial charge on any atom is -0.338 e. The number of piperidine rings is 1. The molecular formula is C18H15Cl2N3O3S. The quantitative estimate of drug-likeness (QED) is 0.727. The van der Waals surface area contributed by atoms with Crippen molar-refractivity contribution in [3.05, 3.63) is 45.3 Å². The van der Waals surface area contributed by atoms with Crippen molar-refractivity contribution in [2.45, 2.75) is 24.1 Å². The standard InChI is InChI=1S/C18H15Cl2N3O3S/c19-12-3-1-2-11(14(12)20)16(24)22-7-4-10(5-8-22)23-17(25)15-13(6-9-27-15)21-18(23)26/h1-3,6,9-10,15H,4-5,7-8H2. The first-order valence-electron chi connectivity index (χ1n) is 8.48. The van der Waals surface area contributed by atoms with Gasteiger partial charge in [0.2, 0.25) is 0 Å². The van der Waals surface area contributed by atoms with Gasteiger partial charge in [-0.3, -0.25) is 14.5 Å². The van der Waals surface area contributed by atoms with Crippen LogP contribution in [-0.2, 0) is 4.79 Å². The van der Waals surface area contributed by atoms with Crippen LogP contribution in [0.2, 0.25) is 10.0 Å². The number of carbonyl (C=O) groups is 3. The Morgan fingerprint density at radius 3 is 2.67 bits per heavy atom. The molecule has 1 aromatic rings. The second-order valence-electron chi connectivity index (χ2n) is 6.47. The largest absolute Gasteiger partial charge is 0.350 e. The number of aliphatic imine (C=N–C) groups is 1. The summed E-state index contributed by atoms with van der Waals surface area (Å²) in [5.41, 5.74) is 0.880. The molecule has 3 aliphatic rings. The molecule has 140 valence electrons. The fourth-order valence-corrected chi connectivity index (χ4v) is 4.77. The number of rotatable bonds is 2. The van der Waals surface area contributed by atoms with Crippen LogP contribution in [0.1, 0.15) is 23.2 Å². The number of amides is 4. The van der Waals surface area contributed by atoms with Crippen molar-refractivity contribution in [1.82, 2.24) is 9.80 Å². The van der Waals surface area contributed by atoms with E-state index in [0.717, 1.165) is 0 Å². The molecule has 0 bridgehead atoms. The lowest BCUT2D eigenvalue weighted by molar-refractivity contribution is -0.129. The zero-order valence-corrected chi connectivity index (χ0v) is 16.4. The number of halogens is 2. The second kappa shape index (κ2) is 7.30. The average molecular weight is 424 g/mol. The van der Waals surface area contributed by atoms with Gasteiger partial charge in [0.05, 0.1) is 21.3 Å². The third kappa shape index (κ3) is 3.28. The summed E-state index contributed by atoms with van der Waals surface area (Å²) in [6.07, 6.45) is 2.73. The van der Waals surface area contributed by atoms with Gasteiger partial charge in [-0.2, -0.15) is 4.99 Å². The summed E-state index contributed by atoms with van der Waals surface area (Å²) in [6, 6.07) is 4.19. The van der Waals surface area contributed by atoms with Crippen molar-refractivity contribution in [3.63, 3.8) is 0 Å². The second-order valence-corrected chi connectivity index (χ2v) is 8.27. The highest BCUT2D eigenvalue weighted by atomic mass is 35.5. The van der Waals surface area contributed by atoms with E-state index in [-0.39, 0.29) is 22.9 Å². The van der Waals surface area contributed by atoms with Gasteiger partial charge in [-0.15, -0.1) is 11.8 Å². The van der Waals surface area contributed by atoms with Crippen molar-refractivity contribution in [2.75, 3.05) is 13.1 Å². The number of benzene rings is 1. The summed E-state index contributed by atoms with van der Waals surface area (Å²) in [6.45, 7) is 0.853. The lowest BCUT2D eigenvalue weighted by Gasteiger charge is -2.38. The van der Waals surface area contributed by atoms with Gasteiger partial charge in [-0.25, -0.2) is 4.79 Å². The first-order valence-corrected chi connectivity index (χ1v) is 10.2. The first kappa shape index (κ1) is 18.5. The number of allylic oxidation sites excluding steroid dienone is 1. The Kier molecular flexibility index (Phi) is 5.01. The SMILES string of the molecule is O=C(c1cccc(Cl)c1Cl)N1CCC(N2C(=O)N=C3C=CSC3C2=O)CC1. The molecule has 3 aliphatic heterocycles. The number of hydrogen-bond donors (Lipinski definition) is 0. The molecule has 4 rings (SSSR count). The Balaban J connectivity index is 1.45. The molecule has 6 nitrogen and oxygen atoms in total. The lowest BCUT2D eigenvalue weighted by Crippen LogP contribution is -2.55. The van der Waals surface area contributed by atoms with Crippen LogP contribution in [0.25, 0.3) is 0 Å².